The molecule has 0 amide bonds. The maximum Gasteiger partial charge on any atom is 0.103 e. The van der Waals surface area contributed by atoms with Gasteiger partial charge >= 0.3 is 0 Å². The molecule has 0 saturated carbocycles. The Bertz CT molecular complexity index is 2310. The van der Waals surface area contributed by atoms with Crippen molar-refractivity contribution in [3.63, 3.8) is 0 Å². The van der Waals surface area contributed by atoms with Crippen LogP contribution in [-0.2, 0) is 10.8 Å². The fourth-order valence-corrected chi connectivity index (χ4v) is 11.1. The van der Waals surface area contributed by atoms with E-state index in [1.54, 1.807) is 0 Å². The van der Waals surface area contributed by atoms with Gasteiger partial charge in [-0.3, -0.25) is 0 Å². The zero-order chi connectivity index (χ0) is 30.7. The highest BCUT2D eigenvalue weighted by molar-refractivity contribution is 8.00. The molecule has 3 atom stereocenters. The van der Waals surface area contributed by atoms with E-state index in [9.17, 15) is 0 Å². The summed E-state index contributed by atoms with van der Waals surface area (Å²) in [5, 5.41) is 4.01. The lowest BCUT2D eigenvalue weighted by Gasteiger charge is -2.49. The molecular weight excluding hydrogens is 587 g/mol. The summed E-state index contributed by atoms with van der Waals surface area (Å²) >= 11 is 1.93. The monoisotopic (exact) mass is 617 g/mol. The molecule has 0 aromatic heterocycles. The molecule has 222 valence electrons. The molecule has 6 aromatic rings. The molecule has 0 radical (unpaired) electrons. The minimum atomic E-state index is -0.416. The van der Waals surface area contributed by atoms with E-state index in [0.29, 0.717) is 5.92 Å². The minimum absolute atomic E-state index is 0.152. The molecule has 1 nitrogen and oxygen atoms in total. The van der Waals surface area contributed by atoms with Crippen LogP contribution >= 0.6 is 11.8 Å². The number of rotatable bonds is 1. The predicted octanol–water partition coefficient (Wildman–Crippen LogP) is 10.9. The van der Waals surface area contributed by atoms with Gasteiger partial charge in [-0.05, 0) is 85.3 Å². The number of anilines is 1. The van der Waals surface area contributed by atoms with Crippen LogP contribution in [0.1, 0.15) is 67.8 Å². The van der Waals surface area contributed by atoms with Gasteiger partial charge in [-0.15, -0.1) is 0 Å². The summed E-state index contributed by atoms with van der Waals surface area (Å²) in [5.41, 5.74) is 17.3. The second-order valence-electron chi connectivity index (χ2n) is 13.5. The maximum absolute atomic E-state index is 3.86. The molecule has 0 fully saturated rings. The Labute approximate surface area is 279 Å². The van der Waals surface area contributed by atoms with Gasteiger partial charge in [0, 0.05) is 16.5 Å². The van der Waals surface area contributed by atoms with Crippen molar-refractivity contribution in [1.29, 1.82) is 0 Å². The first-order chi connectivity index (χ1) is 23.3. The quantitative estimate of drug-likeness (QED) is 0.197. The topological polar surface area (TPSA) is 12.0 Å². The molecule has 2 heteroatoms. The minimum Gasteiger partial charge on any atom is -0.368 e. The van der Waals surface area contributed by atoms with Crippen LogP contribution in [0.4, 0.5) is 5.69 Å². The van der Waals surface area contributed by atoms with E-state index in [4.69, 9.17) is 0 Å². The van der Waals surface area contributed by atoms with Gasteiger partial charge < -0.3 is 5.32 Å². The van der Waals surface area contributed by atoms with Crippen LogP contribution in [0.5, 0.6) is 0 Å². The second kappa shape index (κ2) is 9.27. The molecule has 3 unspecified atom stereocenters. The highest BCUT2D eigenvalue weighted by Crippen LogP contribution is 2.69. The molecule has 47 heavy (non-hydrogen) atoms. The predicted molar refractivity (Wildman–Crippen MR) is 193 cm³/mol. The zero-order valence-corrected chi connectivity index (χ0v) is 26.6. The van der Waals surface area contributed by atoms with Crippen molar-refractivity contribution in [2.24, 2.45) is 0 Å². The second-order valence-corrected chi connectivity index (χ2v) is 14.7. The Morgan fingerprint density at radius 2 is 1.17 bits per heavy atom. The van der Waals surface area contributed by atoms with E-state index >= 15 is 0 Å². The first-order valence-electron chi connectivity index (χ1n) is 16.7. The summed E-state index contributed by atoms with van der Waals surface area (Å²) in [6.45, 7) is 0. The molecule has 1 heterocycles. The molecule has 1 N–H and O–H groups in total. The fourth-order valence-electron chi connectivity index (χ4n) is 9.95. The van der Waals surface area contributed by atoms with E-state index in [1.165, 1.54) is 77.4 Å². The van der Waals surface area contributed by atoms with Crippen molar-refractivity contribution in [3.05, 3.63) is 213 Å². The van der Waals surface area contributed by atoms with Gasteiger partial charge in [-0.25, -0.2) is 0 Å². The van der Waals surface area contributed by atoms with E-state index in [1.807, 2.05) is 11.8 Å². The highest BCUT2D eigenvalue weighted by atomic mass is 32.2. The molecule has 6 aromatic carbocycles. The lowest BCUT2D eigenvalue weighted by molar-refractivity contribution is 0.607. The number of nitrogens with one attached hydrogen (secondary N) is 1. The highest BCUT2D eigenvalue weighted by Gasteiger charge is 2.60. The van der Waals surface area contributed by atoms with Crippen molar-refractivity contribution in [2.45, 2.75) is 33.4 Å². The summed E-state index contributed by atoms with van der Waals surface area (Å²) in [6.07, 6.45) is 8.15. The standard InChI is InChI=1S/C45H31NS/c1-5-17-33-29(13-1)30-14-2-6-18-34(30)44(33)37-21-9-10-22-38(37)45(35-19-7-3-15-31(35)32-16-4-8-20-36(32)45)40-27-28(25-26-39(40)44)43-46-41-23-11-12-24-42(41)47-43/h1-15,17-27,32,43,46H,16H2. The van der Waals surface area contributed by atoms with Crippen molar-refractivity contribution < 1.29 is 0 Å². The lowest BCUT2D eigenvalue weighted by atomic mass is 9.52. The number of fused-ring (bicyclic) bond motifs is 17. The van der Waals surface area contributed by atoms with Crippen LogP contribution in [0, 0.1) is 0 Å². The van der Waals surface area contributed by atoms with Crippen molar-refractivity contribution in [3.8, 4) is 11.1 Å². The number of benzene rings is 6. The third-order valence-electron chi connectivity index (χ3n) is 11.6. The molecule has 0 saturated heterocycles. The summed E-state index contributed by atoms with van der Waals surface area (Å²) < 4.78 is 0. The number of para-hydroxylation sites is 1. The first kappa shape index (κ1) is 26.1. The van der Waals surface area contributed by atoms with Crippen molar-refractivity contribution >= 4 is 17.4 Å². The van der Waals surface area contributed by atoms with Gasteiger partial charge in [0.25, 0.3) is 0 Å². The van der Waals surface area contributed by atoms with Gasteiger partial charge in [0.15, 0.2) is 0 Å². The van der Waals surface area contributed by atoms with E-state index in [-0.39, 0.29) is 10.8 Å². The molecule has 0 bridgehead atoms. The third-order valence-corrected chi connectivity index (χ3v) is 12.8. The summed E-state index contributed by atoms with van der Waals surface area (Å²) in [7, 11) is 0. The number of allylic oxidation sites excluding steroid dienone is 4. The summed E-state index contributed by atoms with van der Waals surface area (Å²) in [4.78, 5) is 1.32. The van der Waals surface area contributed by atoms with Gasteiger partial charge in [0.2, 0.25) is 0 Å². The normalized spacial score (nSPS) is 22.8. The van der Waals surface area contributed by atoms with Gasteiger partial charge in [-0.1, -0.05) is 157 Å². The Balaban J connectivity index is 1.29. The molecule has 4 aliphatic carbocycles. The molecule has 2 spiro atoms. The van der Waals surface area contributed by atoms with E-state index < -0.39 is 5.41 Å². The van der Waals surface area contributed by atoms with Gasteiger partial charge in [0.05, 0.1) is 10.8 Å². The molecule has 1 aliphatic heterocycles. The number of hydrogen-bond donors (Lipinski definition) is 1. The molecule has 5 aliphatic rings. The summed E-state index contributed by atoms with van der Waals surface area (Å²) in [6, 6.07) is 53.3. The number of hydrogen-bond acceptors (Lipinski definition) is 2. The average molecular weight is 618 g/mol. The van der Waals surface area contributed by atoms with Crippen molar-refractivity contribution in [2.75, 3.05) is 5.32 Å². The van der Waals surface area contributed by atoms with Crippen LogP contribution in [0.2, 0.25) is 0 Å². The largest absolute Gasteiger partial charge is 0.368 e. The van der Waals surface area contributed by atoms with Crippen molar-refractivity contribution in [1.82, 2.24) is 0 Å². The average Bonchev–Trinajstić information content (AvgIpc) is 3.80. The fraction of sp³-hybridized carbons (Fsp3) is 0.111. The van der Waals surface area contributed by atoms with Crippen LogP contribution < -0.4 is 5.32 Å². The molecule has 11 rings (SSSR count). The Hall–Kier alpha value is -5.05. The van der Waals surface area contributed by atoms with Gasteiger partial charge in [-0.2, -0.15) is 0 Å². The Morgan fingerprint density at radius 1 is 0.553 bits per heavy atom. The van der Waals surface area contributed by atoms with Crippen LogP contribution in [0.3, 0.4) is 0 Å². The summed E-state index contributed by atoms with van der Waals surface area (Å²) in [5.74, 6) is 0.362. The Morgan fingerprint density at radius 3 is 1.94 bits per heavy atom. The zero-order valence-electron chi connectivity index (χ0n) is 25.8. The van der Waals surface area contributed by atoms with Crippen LogP contribution in [-0.4, -0.2) is 0 Å². The lowest BCUT2D eigenvalue weighted by Crippen LogP contribution is -2.44. The van der Waals surface area contributed by atoms with Gasteiger partial charge in [0.1, 0.15) is 5.37 Å². The van der Waals surface area contributed by atoms with Crippen LogP contribution in [0.15, 0.2) is 168 Å². The molecular formula is C45H31NS. The van der Waals surface area contributed by atoms with E-state index in [0.717, 1.165) is 6.42 Å². The first-order valence-corrected chi connectivity index (χ1v) is 17.6. The smallest absolute Gasteiger partial charge is 0.103 e. The number of thioether (sulfide) groups is 1. The third kappa shape index (κ3) is 3.08. The maximum atomic E-state index is 3.86. The Kier molecular flexibility index (Phi) is 5.14. The van der Waals surface area contributed by atoms with Crippen LogP contribution in [0.25, 0.3) is 11.1 Å². The van der Waals surface area contributed by atoms with E-state index in [2.05, 4.69) is 163 Å². The SMILES string of the molecule is C1=CCC2C(=C1)C1(c3ccccc32)c2ccccc2C2(c3ccccc3-c3ccccc32)c2ccc(C3Nc4ccccc4S3)cc21.